The molecule has 0 bridgehead atoms. The largest absolute Gasteiger partial charge is 0.573 e. The molecule has 0 spiro atoms. The molecule has 1 unspecified atom stereocenters. The van der Waals surface area contributed by atoms with E-state index in [-0.39, 0.29) is 5.75 Å². The van der Waals surface area contributed by atoms with Gasteiger partial charge in [-0.15, -0.1) is 13.2 Å². The molecule has 1 N–H and O–H groups in total. The van der Waals surface area contributed by atoms with Gasteiger partial charge in [-0.2, -0.15) is 0 Å². The highest BCUT2D eigenvalue weighted by Crippen LogP contribution is 2.26. The van der Waals surface area contributed by atoms with Gasteiger partial charge in [0.25, 0.3) is 0 Å². The monoisotopic (exact) mass is 276 g/mol. The number of hydrogen-bond acceptors (Lipinski definition) is 2. The number of hydrogen-bond donors (Lipinski definition) is 1. The summed E-state index contributed by atoms with van der Waals surface area (Å²) < 4.78 is 39.7. The standard InChI is InChI=1S/C14H19F3O2/c1-2-3-4-5-6-13(18)11-7-9-12(10-8-11)19-14(15,16)17/h7-10,13,18H,2-6H2,1H3. The molecule has 0 aliphatic rings. The molecular formula is C14H19F3O2. The van der Waals surface area contributed by atoms with E-state index in [2.05, 4.69) is 11.7 Å². The first-order chi connectivity index (χ1) is 8.92. The quantitative estimate of drug-likeness (QED) is 0.738. The van der Waals surface area contributed by atoms with Crippen LogP contribution in [0.25, 0.3) is 0 Å². The minimum Gasteiger partial charge on any atom is -0.406 e. The Morgan fingerprint density at radius 3 is 2.26 bits per heavy atom. The Bertz CT molecular complexity index is 360. The number of aliphatic hydroxyl groups excluding tert-OH is 1. The molecule has 108 valence electrons. The molecule has 0 aliphatic heterocycles. The van der Waals surface area contributed by atoms with Gasteiger partial charge in [0.1, 0.15) is 5.75 Å². The Hall–Kier alpha value is -1.23. The van der Waals surface area contributed by atoms with Gasteiger partial charge in [-0.1, -0.05) is 44.7 Å². The van der Waals surface area contributed by atoms with Crippen molar-refractivity contribution in [3.8, 4) is 5.75 Å². The van der Waals surface area contributed by atoms with Crippen LogP contribution in [-0.4, -0.2) is 11.5 Å². The Morgan fingerprint density at radius 1 is 1.11 bits per heavy atom. The van der Waals surface area contributed by atoms with E-state index in [0.29, 0.717) is 12.0 Å². The fraction of sp³-hybridized carbons (Fsp3) is 0.571. The van der Waals surface area contributed by atoms with Gasteiger partial charge in [-0.25, -0.2) is 0 Å². The van der Waals surface area contributed by atoms with Crippen LogP contribution in [0.5, 0.6) is 5.75 Å². The number of unbranched alkanes of at least 4 members (excludes halogenated alkanes) is 3. The summed E-state index contributed by atoms with van der Waals surface area (Å²) in [5.41, 5.74) is 0.617. The molecule has 0 amide bonds. The molecule has 2 nitrogen and oxygen atoms in total. The molecule has 19 heavy (non-hydrogen) atoms. The van der Waals surface area contributed by atoms with Crippen molar-refractivity contribution in [3.63, 3.8) is 0 Å². The molecule has 0 saturated carbocycles. The zero-order valence-corrected chi connectivity index (χ0v) is 10.9. The SMILES string of the molecule is CCCCCCC(O)c1ccc(OC(F)(F)F)cc1. The molecule has 0 aliphatic carbocycles. The predicted octanol–water partition coefficient (Wildman–Crippen LogP) is 4.59. The van der Waals surface area contributed by atoms with Crippen molar-refractivity contribution in [1.82, 2.24) is 0 Å². The Morgan fingerprint density at radius 2 is 1.74 bits per heavy atom. The normalized spacial score (nSPS) is 13.3. The van der Waals surface area contributed by atoms with Crippen LogP contribution in [0.2, 0.25) is 0 Å². The predicted molar refractivity (Wildman–Crippen MR) is 66.8 cm³/mol. The Labute approximate surface area is 111 Å². The van der Waals surface area contributed by atoms with Crippen molar-refractivity contribution in [3.05, 3.63) is 29.8 Å². The second-order valence-corrected chi connectivity index (χ2v) is 4.48. The highest BCUT2D eigenvalue weighted by Gasteiger charge is 2.31. The zero-order valence-electron chi connectivity index (χ0n) is 10.9. The molecule has 0 aromatic heterocycles. The summed E-state index contributed by atoms with van der Waals surface area (Å²) in [5.74, 6) is -0.269. The lowest BCUT2D eigenvalue weighted by molar-refractivity contribution is -0.274. The third kappa shape index (κ3) is 6.47. The summed E-state index contributed by atoms with van der Waals surface area (Å²) >= 11 is 0. The third-order valence-corrected chi connectivity index (χ3v) is 2.83. The van der Waals surface area contributed by atoms with Crippen LogP contribution in [-0.2, 0) is 0 Å². The van der Waals surface area contributed by atoms with Crippen molar-refractivity contribution in [1.29, 1.82) is 0 Å². The molecule has 0 fully saturated rings. The fourth-order valence-electron chi connectivity index (χ4n) is 1.82. The number of alkyl halides is 3. The first kappa shape index (κ1) is 15.8. The molecular weight excluding hydrogens is 257 g/mol. The molecule has 1 aromatic rings. The van der Waals surface area contributed by atoms with Crippen LogP contribution in [0.3, 0.4) is 0 Å². The maximum atomic E-state index is 12.0. The average molecular weight is 276 g/mol. The van der Waals surface area contributed by atoms with Crippen molar-refractivity contribution in [2.24, 2.45) is 0 Å². The van der Waals surface area contributed by atoms with Crippen molar-refractivity contribution in [2.75, 3.05) is 0 Å². The molecule has 0 heterocycles. The maximum Gasteiger partial charge on any atom is 0.573 e. The Kier molecular flexibility index (Phi) is 6.15. The molecule has 1 atom stereocenters. The first-order valence-electron chi connectivity index (χ1n) is 6.46. The first-order valence-corrected chi connectivity index (χ1v) is 6.46. The van der Waals surface area contributed by atoms with Gasteiger partial charge in [-0.3, -0.25) is 0 Å². The van der Waals surface area contributed by atoms with E-state index in [9.17, 15) is 18.3 Å². The highest BCUT2D eigenvalue weighted by molar-refractivity contribution is 5.28. The lowest BCUT2D eigenvalue weighted by Crippen LogP contribution is -2.17. The number of ether oxygens (including phenoxy) is 1. The maximum absolute atomic E-state index is 12.0. The van der Waals surface area contributed by atoms with E-state index in [1.807, 2.05) is 0 Å². The lowest BCUT2D eigenvalue weighted by Gasteiger charge is -2.12. The van der Waals surface area contributed by atoms with E-state index in [4.69, 9.17) is 0 Å². The number of benzene rings is 1. The second-order valence-electron chi connectivity index (χ2n) is 4.48. The summed E-state index contributed by atoms with van der Waals surface area (Å²) in [6, 6.07) is 5.37. The third-order valence-electron chi connectivity index (χ3n) is 2.83. The van der Waals surface area contributed by atoms with E-state index in [0.717, 1.165) is 25.7 Å². The van der Waals surface area contributed by atoms with Crippen LogP contribution in [0.15, 0.2) is 24.3 Å². The Balaban J connectivity index is 2.46. The van der Waals surface area contributed by atoms with E-state index in [1.54, 1.807) is 0 Å². The summed E-state index contributed by atoms with van der Waals surface area (Å²) in [6.07, 6.45) is -0.458. The number of aliphatic hydroxyl groups is 1. The van der Waals surface area contributed by atoms with Gasteiger partial charge < -0.3 is 9.84 Å². The summed E-state index contributed by atoms with van der Waals surface area (Å²) in [4.78, 5) is 0. The van der Waals surface area contributed by atoms with Crippen LogP contribution in [0.4, 0.5) is 13.2 Å². The van der Waals surface area contributed by atoms with Crippen molar-refractivity contribution < 1.29 is 23.0 Å². The molecule has 0 radical (unpaired) electrons. The molecule has 1 aromatic carbocycles. The molecule has 5 heteroatoms. The summed E-state index contributed by atoms with van der Waals surface area (Å²) in [7, 11) is 0. The van der Waals surface area contributed by atoms with Gasteiger partial charge in [-0.05, 0) is 24.1 Å². The van der Waals surface area contributed by atoms with Crippen LogP contribution >= 0.6 is 0 Å². The van der Waals surface area contributed by atoms with E-state index in [1.165, 1.54) is 24.3 Å². The van der Waals surface area contributed by atoms with Gasteiger partial charge in [0.2, 0.25) is 0 Å². The van der Waals surface area contributed by atoms with Gasteiger partial charge in [0, 0.05) is 0 Å². The summed E-state index contributed by atoms with van der Waals surface area (Å²) in [6.45, 7) is 2.11. The van der Waals surface area contributed by atoms with Crippen LogP contribution in [0.1, 0.15) is 50.7 Å². The van der Waals surface area contributed by atoms with E-state index >= 15 is 0 Å². The summed E-state index contributed by atoms with van der Waals surface area (Å²) in [5, 5.41) is 9.88. The van der Waals surface area contributed by atoms with Crippen molar-refractivity contribution in [2.45, 2.75) is 51.5 Å². The van der Waals surface area contributed by atoms with Gasteiger partial charge in [0.15, 0.2) is 0 Å². The van der Waals surface area contributed by atoms with Crippen molar-refractivity contribution >= 4 is 0 Å². The minimum atomic E-state index is -4.68. The lowest BCUT2D eigenvalue weighted by atomic mass is 10.0. The average Bonchev–Trinajstić information content (AvgIpc) is 2.33. The topological polar surface area (TPSA) is 29.5 Å². The van der Waals surface area contributed by atoms with E-state index < -0.39 is 12.5 Å². The molecule has 0 saturated heterocycles. The second kappa shape index (κ2) is 7.38. The number of halogens is 3. The smallest absolute Gasteiger partial charge is 0.406 e. The highest BCUT2D eigenvalue weighted by atomic mass is 19.4. The number of rotatable bonds is 7. The van der Waals surface area contributed by atoms with Gasteiger partial charge >= 0.3 is 6.36 Å². The molecule has 1 rings (SSSR count). The van der Waals surface area contributed by atoms with Crippen LogP contribution < -0.4 is 4.74 Å². The van der Waals surface area contributed by atoms with Gasteiger partial charge in [0.05, 0.1) is 6.10 Å². The minimum absolute atomic E-state index is 0.269. The van der Waals surface area contributed by atoms with Crippen LogP contribution in [0, 0.1) is 0 Å². The fourth-order valence-corrected chi connectivity index (χ4v) is 1.82. The zero-order chi connectivity index (χ0) is 14.3.